The predicted molar refractivity (Wildman–Crippen MR) is 75.9 cm³/mol. The molecule has 4 aliphatic rings. The van der Waals surface area contributed by atoms with E-state index in [0.717, 1.165) is 0 Å². The van der Waals surface area contributed by atoms with Crippen molar-refractivity contribution in [2.75, 3.05) is 18.3 Å². The van der Waals surface area contributed by atoms with E-state index in [1.165, 1.54) is 4.90 Å². The van der Waals surface area contributed by atoms with Crippen LogP contribution in [-0.2, 0) is 14.3 Å². The maximum absolute atomic E-state index is 12.9. The van der Waals surface area contributed by atoms with Crippen LogP contribution < -0.4 is 14.4 Å². The maximum atomic E-state index is 12.9. The van der Waals surface area contributed by atoms with Crippen molar-refractivity contribution in [2.45, 2.75) is 11.7 Å². The van der Waals surface area contributed by atoms with E-state index in [2.05, 4.69) is 0 Å². The van der Waals surface area contributed by atoms with Crippen molar-refractivity contribution >= 4 is 17.5 Å². The molecule has 1 aromatic rings. The van der Waals surface area contributed by atoms with Crippen molar-refractivity contribution in [1.29, 1.82) is 0 Å². The Labute approximate surface area is 131 Å². The second kappa shape index (κ2) is 4.12. The number of aliphatic hydroxyl groups is 1. The summed E-state index contributed by atoms with van der Waals surface area (Å²) >= 11 is 0. The topological polar surface area (TPSA) is 85.3 Å². The number of hydrogen-bond acceptors (Lipinski definition) is 6. The van der Waals surface area contributed by atoms with Gasteiger partial charge in [0.25, 0.3) is 0 Å². The molecule has 0 radical (unpaired) electrons. The predicted octanol–water partition coefficient (Wildman–Crippen LogP) is 0.221. The summed E-state index contributed by atoms with van der Waals surface area (Å²) in [6.45, 7) is -0.200. The van der Waals surface area contributed by atoms with Crippen LogP contribution in [0.15, 0.2) is 30.4 Å². The molecule has 23 heavy (non-hydrogen) atoms. The molecule has 118 valence electrons. The van der Waals surface area contributed by atoms with Crippen molar-refractivity contribution < 1.29 is 28.9 Å². The van der Waals surface area contributed by atoms with Gasteiger partial charge in [-0.1, -0.05) is 12.2 Å². The number of ether oxygens (including phenoxy) is 3. The molecule has 0 saturated carbocycles. The monoisotopic (exact) mass is 315 g/mol. The smallest absolute Gasteiger partial charge is 0.241 e. The summed E-state index contributed by atoms with van der Waals surface area (Å²) in [7, 11) is 0. The highest BCUT2D eigenvalue weighted by Crippen LogP contribution is 2.52. The second-order valence-electron chi connectivity index (χ2n) is 6.11. The molecule has 0 aliphatic carbocycles. The third kappa shape index (κ3) is 1.46. The van der Waals surface area contributed by atoms with Crippen LogP contribution in [0.5, 0.6) is 11.5 Å². The van der Waals surface area contributed by atoms with E-state index in [1.54, 1.807) is 30.4 Å². The highest BCUT2D eigenvalue weighted by atomic mass is 16.7. The molecule has 7 nitrogen and oxygen atoms in total. The first kappa shape index (κ1) is 13.1. The summed E-state index contributed by atoms with van der Waals surface area (Å²) in [4.78, 5) is 26.8. The molecule has 4 aliphatic heterocycles. The first-order valence-electron chi connectivity index (χ1n) is 7.40. The zero-order valence-electron chi connectivity index (χ0n) is 12.0. The Bertz CT molecular complexity index is 774. The Morgan fingerprint density at radius 2 is 2.04 bits per heavy atom. The zero-order chi connectivity index (χ0) is 15.8. The maximum Gasteiger partial charge on any atom is 0.241 e. The van der Waals surface area contributed by atoms with E-state index in [9.17, 15) is 14.7 Å². The van der Waals surface area contributed by atoms with Gasteiger partial charge in [-0.2, -0.15) is 0 Å². The Hall–Kier alpha value is -2.38. The van der Waals surface area contributed by atoms with Crippen molar-refractivity contribution in [3.8, 4) is 11.5 Å². The lowest BCUT2D eigenvalue weighted by Gasteiger charge is -2.26. The fraction of sp³-hybridized carbons (Fsp3) is 0.375. The first-order valence-corrected chi connectivity index (χ1v) is 7.40. The average molecular weight is 315 g/mol. The Balaban J connectivity index is 1.57. The Kier molecular flexibility index (Phi) is 2.35. The van der Waals surface area contributed by atoms with Crippen LogP contribution in [-0.4, -0.2) is 42.0 Å². The number of hydrogen-bond donors (Lipinski definition) is 1. The summed E-state index contributed by atoms with van der Waals surface area (Å²) in [6, 6.07) is 4.96. The van der Waals surface area contributed by atoms with E-state index < -0.39 is 23.5 Å². The van der Waals surface area contributed by atoms with E-state index in [1.807, 2.05) is 0 Å². The van der Waals surface area contributed by atoms with Gasteiger partial charge in [0, 0.05) is 6.07 Å². The normalized spacial score (nSPS) is 36.2. The second-order valence-corrected chi connectivity index (χ2v) is 6.11. The molecule has 1 N–H and O–H groups in total. The number of rotatable bonds is 2. The third-order valence-electron chi connectivity index (χ3n) is 5.02. The van der Waals surface area contributed by atoms with E-state index in [0.29, 0.717) is 17.2 Å². The summed E-state index contributed by atoms with van der Waals surface area (Å²) in [5.74, 6) is -0.812. The Morgan fingerprint density at radius 1 is 1.22 bits per heavy atom. The van der Waals surface area contributed by atoms with Gasteiger partial charge in [0.15, 0.2) is 11.5 Å². The SMILES string of the molecule is O=C1[C@@H]2[C@@H]3C=C[C@](CO)(O3)[C@@H]2C(=O)N1c1ccc2c(c1)OCO2. The van der Waals surface area contributed by atoms with Crippen LogP contribution in [0.25, 0.3) is 0 Å². The number of aliphatic hydroxyl groups excluding tert-OH is 1. The molecule has 7 heteroatoms. The highest BCUT2D eigenvalue weighted by molar-refractivity contribution is 6.23. The summed E-state index contributed by atoms with van der Waals surface area (Å²) in [5.41, 5.74) is -0.626. The van der Waals surface area contributed by atoms with Crippen LogP contribution in [0.2, 0.25) is 0 Å². The summed E-state index contributed by atoms with van der Waals surface area (Å²) in [5, 5.41) is 9.68. The average Bonchev–Trinajstić information content (AvgIpc) is 3.29. The van der Waals surface area contributed by atoms with Gasteiger partial charge in [0.05, 0.1) is 30.2 Å². The van der Waals surface area contributed by atoms with E-state index in [-0.39, 0.29) is 25.2 Å². The number of carbonyl (C=O) groups excluding carboxylic acids is 2. The van der Waals surface area contributed by atoms with Gasteiger partial charge in [-0.25, -0.2) is 4.90 Å². The quantitative estimate of drug-likeness (QED) is 0.621. The number of anilines is 1. The van der Waals surface area contributed by atoms with Gasteiger partial charge < -0.3 is 19.3 Å². The van der Waals surface area contributed by atoms with E-state index >= 15 is 0 Å². The number of fused-ring (bicyclic) bond motifs is 6. The lowest BCUT2D eigenvalue weighted by Crippen LogP contribution is -2.43. The molecule has 2 amide bonds. The molecule has 4 heterocycles. The molecule has 1 aromatic carbocycles. The lowest BCUT2D eigenvalue weighted by atomic mass is 9.77. The van der Waals surface area contributed by atoms with Crippen molar-refractivity contribution in [2.24, 2.45) is 11.8 Å². The van der Waals surface area contributed by atoms with Gasteiger partial charge in [0.1, 0.15) is 5.60 Å². The van der Waals surface area contributed by atoms with Crippen LogP contribution in [0.3, 0.4) is 0 Å². The van der Waals surface area contributed by atoms with Gasteiger partial charge in [0.2, 0.25) is 18.6 Å². The zero-order valence-corrected chi connectivity index (χ0v) is 12.0. The molecule has 2 fully saturated rings. The third-order valence-corrected chi connectivity index (χ3v) is 5.02. The number of amides is 2. The van der Waals surface area contributed by atoms with Crippen LogP contribution >= 0.6 is 0 Å². The summed E-state index contributed by atoms with van der Waals surface area (Å²) < 4.78 is 16.3. The van der Waals surface area contributed by atoms with Gasteiger partial charge in [-0.3, -0.25) is 9.59 Å². The minimum absolute atomic E-state index is 0.124. The van der Waals surface area contributed by atoms with Gasteiger partial charge in [-0.05, 0) is 12.1 Å². The largest absolute Gasteiger partial charge is 0.454 e. The highest BCUT2D eigenvalue weighted by Gasteiger charge is 2.67. The van der Waals surface area contributed by atoms with Crippen molar-refractivity contribution in [1.82, 2.24) is 0 Å². The number of benzene rings is 1. The Morgan fingerprint density at radius 3 is 2.87 bits per heavy atom. The molecule has 0 aromatic heterocycles. The first-order chi connectivity index (χ1) is 11.1. The lowest BCUT2D eigenvalue weighted by molar-refractivity contribution is -0.128. The number of imide groups is 1. The number of nitrogens with zero attached hydrogens (tertiary/aromatic N) is 1. The van der Waals surface area contributed by atoms with Crippen LogP contribution in [0.4, 0.5) is 5.69 Å². The molecular formula is C16H13NO6. The standard InChI is InChI=1S/C16H13NO6/c18-6-16-4-3-10(23-16)12-13(16)15(20)17(14(12)19)8-1-2-9-11(5-8)22-7-21-9/h1-5,10,12-13,18H,6-7H2/t10-,12+,13-,16+/m0/s1. The molecule has 2 saturated heterocycles. The van der Waals surface area contributed by atoms with Crippen LogP contribution in [0.1, 0.15) is 0 Å². The van der Waals surface area contributed by atoms with Crippen LogP contribution in [0, 0.1) is 11.8 Å². The minimum Gasteiger partial charge on any atom is -0.454 e. The van der Waals surface area contributed by atoms with Crippen molar-refractivity contribution in [3.63, 3.8) is 0 Å². The molecular weight excluding hydrogens is 302 g/mol. The fourth-order valence-electron chi connectivity index (χ4n) is 3.96. The minimum atomic E-state index is -1.08. The molecule has 0 spiro atoms. The molecule has 4 atom stereocenters. The van der Waals surface area contributed by atoms with E-state index in [4.69, 9.17) is 14.2 Å². The number of carbonyl (C=O) groups is 2. The fourth-order valence-corrected chi connectivity index (χ4v) is 3.96. The molecule has 2 bridgehead atoms. The van der Waals surface area contributed by atoms with Gasteiger partial charge >= 0.3 is 0 Å². The van der Waals surface area contributed by atoms with Crippen molar-refractivity contribution in [3.05, 3.63) is 30.4 Å². The molecule has 5 rings (SSSR count). The summed E-state index contributed by atoms with van der Waals surface area (Å²) in [6.07, 6.45) is 3.00. The molecule has 0 unspecified atom stereocenters. The van der Waals surface area contributed by atoms with Gasteiger partial charge in [-0.15, -0.1) is 0 Å².